The molecule has 2 fully saturated rings. The Morgan fingerprint density at radius 3 is 2.56 bits per heavy atom. The zero-order valence-corrected chi connectivity index (χ0v) is 15.3. The molecule has 2 amide bonds. The molecule has 0 aliphatic carbocycles. The summed E-state index contributed by atoms with van der Waals surface area (Å²) in [7, 11) is -3.57. The third kappa shape index (κ3) is 4.13. The molecule has 1 aromatic rings. The first-order valence-electron chi connectivity index (χ1n) is 8.08. The number of rotatable bonds is 5. The lowest BCUT2D eigenvalue weighted by Crippen LogP contribution is -2.50. The van der Waals surface area contributed by atoms with E-state index in [1.807, 2.05) is 0 Å². The van der Waals surface area contributed by atoms with Gasteiger partial charge in [0.05, 0.1) is 0 Å². The maximum absolute atomic E-state index is 12.5. The molecule has 0 atom stereocenters. The summed E-state index contributed by atoms with van der Waals surface area (Å²) in [6, 6.07) is 3.11. The van der Waals surface area contributed by atoms with Crippen LogP contribution in [0.1, 0.15) is 6.42 Å². The van der Waals surface area contributed by atoms with Gasteiger partial charge in [-0.25, -0.2) is 8.42 Å². The van der Waals surface area contributed by atoms with E-state index in [0.717, 1.165) is 5.75 Å². The van der Waals surface area contributed by atoms with E-state index in [0.29, 0.717) is 26.2 Å². The number of carbonyl (C=O) groups excluding carboxylic acids is 2. The Bertz CT molecular complexity index is 733. The normalized spacial score (nSPS) is 19.4. The van der Waals surface area contributed by atoms with Crippen molar-refractivity contribution in [1.82, 2.24) is 19.1 Å². The van der Waals surface area contributed by atoms with E-state index >= 15 is 0 Å². The van der Waals surface area contributed by atoms with Gasteiger partial charge in [0.1, 0.15) is 4.90 Å². The van der Waals surface area contributed by atoms with E-state index in [4.69, 9.17) is 0 Å². The highest BCUT2D eigenvalue weighted by atomic mass is 32.2. The zero-order valence-electron chi connectivity index (χ0n) is 13.7. The number of sulfonamides is 1. The minimum absolute atomic E-state index is 0.0279. The summed E-state index contributed by atoms with van der Waals surface area (Å²) in [5.74, 6) is 0.737. The van der Waals surface area contributed by atoms with E-state index in [9.17, 15) is 18.0 Å². The standard InChI is InChI=1S/C15H20N4O4S2/c20-14(3-5-18-10-11-24-15(18)21)17-6-8-19(9-7-17)25(22,23)13-2-1-4-16-12-13/h1-2,4,12H,3,5-11H2. The first-order chi connectivity index (χ1) is 12.0. The zero-order chi connectivity index (χ0) is 17.9. The van der Waals surface area contributed by atoms with Gasteiger partial charge in [0.25, 0.3) is 5.24 Å². The molecule has 25 heavy (non-hydrogen) atoms. The fourth-order valence-corrected chi connectivity index (χ4v) is 5.08. The largest absolute Gasteiger partial charge is 0.340 e. The molecule has 0 bridgehead atoms. The van der Waals surface area contributed by atoms with Gasteiger partial charge in [0, 0.05) is 63.8 Å². The molecular formula is C15H20N4O4S2. The Morgan fingerprint density at radius 1 is 1.20 bits per heavy atom. The van der Waals surface area contributed by atoms with Crippen molar-refractivity contribution in [3.8, 4) is 0 Å². The molecule has 3 rings (SSSR count). The molecule has 0 radical (unpaired) electrons. The second-order valence-corrected chi connectivity index (χ2v) is 8.81. The lowest BCUT2D eigenvalue weighted by molar-refractivity contribution is -0.132. The monoisotopic (exact) mass is 384 g/mol. The second kappa shape index (κ2) is 7.71. The lowest BCUT2D eigenvalue weighted by atomic mass is 10.3. The molecular weight excluding hydrogens is 364 g/mol. The first kappa shape index (κ1) is 18.2. The number of pyridine rings is 1. The molecule has 2 aliphatic heterocycles. The third-order valence-corrected chi connectivity index (χ3v) is 7.08. The minimum Gasteiger partial charge on any atom is -0.340 e. The maximum Gasteiger partial charge on any atom is 0.281 e. The van der Waals surface area contributed by atoms with Gasteiger partial charge in [-0.2, -0.15) is 4.31 Å². The van der Waals surface area contributed by atoms with Crippen molar-refractivity contribution in [2.75, 3.05) is 45.0 Å². The SMILES string of the molecule is O=C(CCN1CCSC1=O)N1CCN(S(=O)(=O)c2cccnc2)CC1. The number of carbonyl (C=O) groups is 2. The summed E-state index contributed by atoms with van der Waals surface area (Å²) in [6.07, 6.45) is 3.14. The summed E-state index contributed by atoms with van der Waals surface area (Å²) in [4.78, 5) is 31.2. The highest BCUT2D eigenvalue weighted by molar-refractivity contribution is 8.13. The molecule has 0 unspecified atom stereocenters. The molecule has 8 nitrogen and oxygen atoms in total. The van der Waals surface area contributed by atoms with Crippen molar-refractivity contribution in [1.29, 1.82) is 0 Å². The number of nitrogens with zero attached hydrogens (tertiary/aromatic N) is 4. The summed E-state index contributed by atoms with van der Waals surface area (Å²) < 4.78 is 26.5. The molecule has 0 aromatic carbocycles. The topological polar surface area (TPSA) is 90.9 Å². The molecule has 3 heterocycles. The first-order valence-corrected chi connectivity index (χ1v) is 10.5. The fraction of sp³-hybridized carbons (Fsp3) is 0.533. The third-order valence-electron chi connectivity index (χ3n) is 4.30. The van der Waals surface area contributed by atoms with Crippen molar-refractivity contribution >= 4 is 32.9 Å². The number of thioether (sulfide) groups is 1. The van der Waals surface area contributed by atoms with E-state index in [1.54, 1.807) is 15.9 Å². The van der Waals surface area contributed by atoms with Crippen LogP contribution >= 0.6 is 11.8 Å². The van der Waals surface area contributed by atoms with Gasteiger partial charge in [-0.15, -0.1) is 0 Å². The highest BCUT2D eigenvalue weighted by Crippen LogP contribution is 2.19. The van der Waals surface area contributed by atoms with Gasteiger partial charge in [-0.1, -0.05) is 11.8 Å². The van der Waals surface area contributed by atoms with Crippen LogP contribution in [0.15, 0.2) is 29.4 Å². The molecule has 2 aliphatic rings. The molecule has 10 heteroatoms. The van der Waals surface area contributed by atoms with Crippen LogP contribution in [0, 0.1) is 0 Å². The number of hydrogen-bond donors (Lipinski definition) is 0. The lowest BCUT2D eigenvalue weighted by Gasteiger charge is -2.34. The van der Waals surface area contributed by atoms with Gasteiger partial charge in [-0.3, -0.25) is 14.6 Å². The van der Waals surface area contributed by atoms with Crippen LogP contribution in [0.2, 0.25) is 0 Å². The Labute approximate surface area is 151 Å². The average Bonchev–Trinajstić information content (AvgIpc) is 3.05. The van der Waals surface area contributed by atoms with Gasteiger partial charge in [-0.05, 0) is 12.1 Å². The van der Waals surface area contributed by atoms with Crippen LogP contribution in [-0.2, 0) is 14.8 Å². The molecule has 0 N–H and O–H groups in total. The van der Waals surface area contributed by atoms with Crippen LogP contribution < -0.4 is 0 Å². The van der Waals surface area contributed by atoms with Crippen molar-refractivity contribution in [2.45, 2.75) is 11.3 Å². The number of aromatic nitrogens is 1. The minimum atomic E-state index is -3.57. The highest BCUT2D eigenvalue weighted by Gasteiger charge is 2.30. The number of hydrogen-bond acceptors (Lipinski definition) is 6. The van der Waals surface area contributed by atoms with Crippen molar-refractivity contribution in [3.05, 3.63) is 24.5 Å². The fourth-order valence-electron chi connectivity index (χ4n) is 2.84. The van der Waals surface area contributed by atoms with Gasteiger partial charge in [0.15, 0.2) is 0 Å². The smallest absolute Gasteiger partial charge is 0.281 e. The molecule has 0 spiro atoms. The van der Waals surface area contributed by atoms with Crippen LogP contribution in [0.25, 0.3) is 0 Å². The van der Waals surface area contributed by atoms with E-state index in [-0.39, 0.29) is 35.6 Å². The van der Waals surface area contributed by atoms with Crippen molar-refractivity contribution < 1.29 is 18.0 Å². The Hall–Kier alpha value is -1.65. The molecule has 0 saturated carbocycles. The van der Waals surface area contributed by atoms with Gasteiger partial charge >= 0.3 is 0 Å². The quantitative estimate of drug-likeness (QED) is 0.733. The number of piperazine rings is 1. The van der Waals surface area contributed by atoms with E-state index in [1.165, 1.54) is 34.5 Å². The van der Waals surface area contributed by atoms with Crippen LogP contribution in [0.3, 0.4) is 0 Å². The summed E-state index contributed by atoms with van der Waals surface area (Å²) in [6.45, 7) is 2.37. The van der Waals surface area contributed by atoms with Crippen molar-refractivity contribution in [2.24, 2.45) is 0 Å². The van der Waals surface area contributed by atoms with E-state index < -0.39 is 10.0 Å². The summed E-state index contributed by atoms with van der Waals surface area (Å²) in [5, 5.41) is 0.0279. The Balaban J connectivity index is 1.51. The predicted octanol–water partition coefficient (Wildman–Crippen LogP) is 0.473. The van der Waals surface area contributed by atoms with E-state index in [2.05, 4.69) is 4.98 Å². The molecule has 136 valence electrons. The predicted molar refractivity (Wildman–Crippen MR) is 93.6 cm³/mol. The molecule has 1 aromatic heterocycles. The summed E-state index contributed by atoms with van der Waals surface area (Å²) in [5.41, 5.74) is 0. The Kier molecular flexibility index (Phi) is 5.60. The maximum atomic E-state index is 12.5. The second-order valence-electron chi connectivity index (χ2n) is 5.83. The van der Waals surface area contributed by atoms with Crippen LogP contribution in [-0.4, -0.2) is 83.7 Å². The van der Waals surface area contributed by atoms with Gasteiger partial charge < -0.3 is 9.80 Å². The average molecular weight is 384 g/mol. The van der Waals surface area contributed by atoms with Crippen molar-refractivity contribution in [3.63, 3.8) is 0 Å². The number of amides is 2. The van der Waals surface area contributed by atoms with Crippen LogP contribution in [0.5, 0.6) is 0 Å². The molecule has 2 saturated heterocycles. The van der Waals surface area contributed by atoms with Crippen LogP contribution in [0.4, 0.5) is 4.79 Å². The Morgan fingerprint density at radius 2 is 1.96 bits per heavy atom. The van der Waals surface area contributed by atoms with Gasteiger partial charge in [0.2, 0.25) is 15.9 Å². The summed E-state index contributed by atoms with van der Waals surface area (Å²) >= 11 is 1.28.